The summed E-state index contributed by atoms with van der Waals surface area (Å²) in [5, 5.41) is 12.0. The zero-order valence-corrected chi connectivity index (χ0v) is 12.4. The molecule has 0 unspecified atom stereocenters. The molecule has 110 valence electrons. The number of nitrogens with one attached hydrogen (secondary N) is 1. The summed E-state index contributed by atoms with van der Waals surface area (Å²) in [7, 11) is 3.98. The predicted octanol–water partition coefficient (Wildman–Crippen LogP) is 2.05. The molecule has 2 amide bonds. The van der Waals surface area contributed by atoms with E-state index in [0.717, 1.165) is 29.8 Å². The van der Waals surface area contributed by atoms with Crippen LogP contribution < -0.4 is 10.2 Å². The van der Waals surface area contributed by atoms with Crippen LogP contribution in [0.2, 0.25) is 0 Å². The van der Waals surface area contributed by atoms with Crippen molar-refractivity contribution < 1.29 is 9.90 Å². The molecule has 0 bridgehead atoms. The zero-order valence-electron chi connectivity index (χ0n) is 12.4. The van der Waals surface area contributed by atoms with Gasteiger partial charge in [-0.05, 0) is 43.5 Å². The van der Waals surface area contributed by atoms with Gasteiger partial charge in [-0.3, -0.25) is 0 Å². The summed E-state index contributed by atoms with van der Waals surface area (Å²) in [6.45, 7) is 2.38. The lowest BCUT2D eigenvalue weighted by molar-refractivity contribution is 0.185. The molecule has 5 nitrogen and oxygen atoms in total. The highest BCUT2D eigenvalue weighted by molar-refractivity contribution is 5.90. The van der Waals surface area contributed by atoms with Crippen LogP contribution in [-0.4, -0.2) is 49.3 Å². The predicted molar refractivity (Wildman–Crippen MR) is 81.3 cm³/mol. The van der Waals surface area contributed by atoms with Crippen molar-refractivity contribution >= 4 is 17.4 Å². The maximum atomic E-state index is 12.2. The van der Waals surface area contributed by atoms with Crippen LogP contribution in [0.5, 0.6) is 0 Å². The smallest absolute Gasteiger partial charge is 0.322 e. The standard InChI is InChI=1S/C15H23N3O2/c1-11-10-13(17(2)3)6-7-14(11)16-15(20)18(8-9-19)12-4-5-12/h6-7,10,12,19H,4-5,8-9H2,1-3H3,(H,16,20). The molecule has 0 saturated heterocycles. The second kappa shape index (κ2) is 6.13. The van der Waals surface area contributed by atoms with Gasteiger partial charge < -0.3 is 20.2 Å². The summed E-state index contributed by atoms with van der Waals surface area (Å²) >= 11 is 0. The van der Waals surface area contributed by atoms with Crippen molar-refractivity contribution in [1.29, 1.82) is 0 Å². The third-order valence-corrected chi connectivity index (χ3v) is 3.56. The van der Waals surface area contributed by atoms with Gasteiger partial charge in [-0.1, -0.05) is 0 Å². The van der Waals surface area contributed by atoms with Gasteiger partial charge in [-0.25, -0.2) is 4.79 Å². The molecule has 1 aliphatic carbocycles. The summed E-state index contributed by atoms with van der Waals surface area (Å²) in [5.74, 6) is 0. The molecule has 0 radical (unpaired) electrons. The number of aliphatic hydroxyl groups excluding tert-OH is 1. The molecule has 1 aliphatic rings. The van der Waals surface area contributed by atoms with Gasteiger partial charge in [0.25, 0.3) is 0 Å². The molecule has 20 heavy (non-hydrogen) atoms. The number of urea groups is 1. The van der Waals surface area contributed by atoms with Gasteiger partial charge in [0, 0.05) is 38.1 Å². The molecule has 0 aliphatic heterocycles. The maximum Gasteiger partial charge on any atom is 0.322 e. The number of carbonyl (C=O) groups is 1. The van der Waals surface area contributed by atoms with Crippen molar-refractivity contribution in [3.05, 3.63) is 23.8 Å². The molecule has 1 fully saturated rings. The Morgan fingerprint density at radius 1 is 1.40 bits per heavy atom. The number of nitrogens with zero attached hydrogens (tertiary/aromatic N) is 2. The number of hydrogen-bond donors (Lipinski definition) is 2. The summed E-state index contributed by atoms with van der Waals surface area (Å²) < 4.78 is 0. The topological polar surface area (TPSA) is 55.8 Å². The van der Waals surface area contributed by atoms with Crippen molar-refractivity contribution in [1.82, 2.24) is 4.90 Å². The van der Waals surface area contributed by atoms with Crippen molar-refractivity contribution in [3.8, 4) is 0 Å². The van der Waals surface area contributed by atoms with Crippen molar-refractivity contribution in [2.24, 2.45) is 0 Å². The Morgan fingerprint density at radius 2 is 2.10 bits per heavy atom. The average molecular weight is 277 g/mol. The van der Waals surface area contributed by atoms with Crippen molar-refractivity contribution in [2.75, 3.05) is 37.5 Å². The summed E-state index contributed by atoms with van der Waals surface area (Å²) in [6.07, 6.45) is 2.07. The van der Waals surface area contributed by atoms with E-state index in [2.05, 4.69) is 5.32 Å². The Labute approximate surface area is 120 Å². The van der Waals surface area contributed by atoms with Crippen LogP contribution >= 0.6 is 0 Å². The molecule has 5 heteroatoms. The highest BCUT2D eigenvalue weighted by atomic mass is 16.3. The van der Waals surface area contributed by atoms with Crippen LogP contribution in [0.3, 0.4) is 0 Å². The lowest BCUT2D eigenvalue weighted by Gasteiger charge is -2.23. The second-order valence-corrected chi connectivity index (χ2v) is 5.47. The first-order valence-corrected chi connectivity index (χ1v) is 6.99. The van der Waals surface area contributed by atoms with Crippen LogP contribution in [-0.2, 0) is 0 Å². The normalized spacial score (nSPS) is 14.0. The molecule has 0 heterocycles. The lowest BCUT2D eigenvalue weighted by atomic mass is 10.1. The molecular formula is C15H23N3O2. The molecular weight excluding hydrogens is 254 g/mol. The largest absolute Gasteiger partial charge is 0.395 e. The SMILES string of the molecule is Cc1cc(N(C)C)ccc1NC(=O)N(CCO)C1CC1. The zero-order chi connectivity index (χ0) is 14.7. The minimum atomic E-state index is -0.123. The highest BCUT2D eigenvalue weighted by Crippen LogP contribution is 2.28. The van der Waals surface area contributed by atoms with Gasteiger partial charge in [0.15, 0.2) is 0 Å². The van der Waals surface area contributed by atoms with E-state index in [1.54, 1.807) is 4.90 Å². The van der Waals surface area contributed by atoms with Crippen LogP contribution in [0, 0.1) is 6.92 Å². The lowest BCUT2D eigenvalue weighted by Crippen LogP contribution is -2.38. The van der Waals surface area contributed by atoms with Crippen LogP contribution in [0.1, 0.15) is 18.4 Å². The Kier molecular flexibility index (Phi) is 4.49. The van der Waals surface area contributed by atoms with E-state index in [4.69, 9.17) is 5.11 Å². The Balaban J connectivity index is 2.06. The quantitative estimate of drug-likeness (QED) is 0.866. The third kappa shape index (κ3) is 3.42. The van der Waals surface area contributed by atoms with Crippen LogP contribution in [0.4, 0.5) is 16.2 Å². The fourth-order valence-electron chi connectivity index (χ4n) is 2.20. The second-order valence-electron chi connectivity index (χ2n) is 5.47. The number of benzene rings is 1. The first kappa shape index (κ1) is 14.7. The molecule has 0 aromatic heterocycles. The van der Waals surface area contributed by atoms with E-state index in [1.165, 1.54) is 0 Å². The molecule has 2 N–H and O–H groups in total. The summed E-state index contributed by atoms with van der Waals surface area (Å²) in [5.41, 5.74) is 2.96. The number of anilines is 2. The number of hydrogen-bond acceptors (Lipinski definition) is 3. The number of aryl methyl sites for hydroxylation is 1. The Hall–Kier alpha value is -1.75. The maximum absolute atomic E-state index is 12.2. The van der Waals surface area contributed by atoms with E-state index in [0.29, 0.717) is 12.6 Å². The van der Waals surface area contributed by atoms with E-state index in [1.807, 2.05) is 44.1 Å². The Bertz CT molecular complexity index is 484. The number of amides is 2. The molecule has 1 aromatic carbocycles. The van der Waals surface area contributed by atoms with Gasteiger partial charge in [0.2, 0.25) is 0 Å². The van der Waals surface area contributed by atoms with Gasteiger partial charge in [-0.15, -0.1) is 0 Å². The van der Waals surface area contributed by atoms with E-state index in [-0.39, 0.29) is 12.6 Å². The molecule has 0 spiro atoms. The first-order chi connectivity index (χ1) is 9.52. The number of carbonyl (C=O) groups excluding carboxylic acids is 1. The van der Waals surface area contributed by atoms with Crippen LogP contribution in [0.25, 0.3) is 0 Å². The number of aliphatic hydroxyl groups is 1. The van der Waals surface area contributed by atoms with E-state index < -0.39 is 0 Å². The Morgan fingerprint density at radius 3 is 2.60 bits per heavy atom. The fourth-order valence-corrected chi connectivity index (χ4v) is 2.20. The third-order valence-electron chi connectivity index (χ3n) is 3.56. The van der Waals surface area contributed by atoms with Gasteiger partial charge >= 0.3 is 6.03 Å². The van der Waals surface area contributed by atoms with Crippen molar-refractivity contribution in [3.63, 3.8) is 0 Å². The monoisotopic (exact) mass is 277 g/mol. The molecule has 1 saturated carbocycles. The molecule has 1 aromatic rings. The van der Waals surface area contributed by atoms with Crippen LogP contribution in [0.15, 0.2) is 18.2 Å². The minimum Gasteiger partial charge on any atom is -0.395 e. The average Bonchev–Trinajstić information content (AvgIpc) is 3.22. The summed E-state index contributed by atoms with van der Waals surface area (Å²) in [4.78, 5) is 16.0. The van der Waals surface area contributed by atoms with Gasteiger partial charge in [0.05, 0.1) is 6.61 Å². The van der Waals surface area contributed by atoms with Gasteiger partial charge in [0.1, 0.15) is 0 Å². The fraction of sp³-hybridized carbons (Fsp3) is 0.533. The van der Waals surface area contributed by atoms with E-state index in [9.17, 15) is 4.79 Å². The first-order valence-electron chi connectivity index (χ1n) is 6.99. The van der Waals surface area contributed by atoms with Gasteiger partial charge in [-0.2, -0.15) is 0 Å². The minimum absolute atomic E-state index is 0.00245. The van der Waals surface area contributed by atoms with Crippen molar-refractivity contribution in [2.45, 2.75) is 25.8 Å². The number of rotatable bonds is 5. The summed E-state index contributed by atoms with van der Waals surface area (Å²) in [6, 6.07) is 6.12. The molecule has 2 rings (SSSR count). The molecule has 0 atom stereocenters. The van der Waals surface area contributed by atoms with E-state index >= 15 is 0 Å². The highest BCUT2D eigenvalue weighted by Gasteiger charge is 2.32.